The van der Waals surface area contributed by atoms with Gasteiger partial charge in [-0.1, -0.05) is 0 Å². The molecule has 1 N–H and O–H groups in total. The Hall–Kier alpha value is -1.82. The molecule has 0 saturated carbocycles. The van der Waals surface area contributed by atoms with E-state index in [2.05, 4.69) is 0 Å². The van der Waals surface area contributed by atoms with E-state index in [4.69, 9.17) is 4.74 Å². The van der Waals surface area contributed by atoms with E-state index in [0.717, 1.165) is 25.1 Å². The standard InChI is InChI=1S/C12H16N2O4/c1-18-12-6-9(5-10(7-12)14(16)17)13-4-2-3-11(15)8-13/h5-7,11,15H,2-4,8H2,1H3. The normalized spacial score (nSPS) is 19.7. The highest BCUT2D eigenvalue weighted by Gasteiger charge is 2.20. The first-order valence-electron chi connectivity index (χ1n) is 5.86. The largest absolute Gasteiger partial charge is 0.496 e. The third-order valence-electron chi connectivity index (χ3n) is 3.08. The molecule has 1 fully saturated rings. The van der Waals surface area contributed by atoms with Crippen LogP contribution in [0.1, 0.15) is 12.8 Å². The highest BCUT2D eigenvalue weighted by atomic mass is 16.6. The van der Waals surface area contributed by atoms with Gasteiger partial charge >= 0.3 is 0 Å². The zero-order chi connectivity index (χ0) is 13.1. The van der Waals surface area contributed by atoms with Crippen LogP contribution in [0.15, 0.2) is 18.2 Å². The van der Waals surface area contributed by atoms with E-state index in [1.807, 2.05) is 4.90 Å². The first-order valence-corrected chi connectivity index (χ1v) is 5.86. The average Bonchev–Trinajstić information content (AvgIpc) is 2.38. The lowest BCUT2D eigenvalue weighted by atomic mass is 10.1. The van der Waals surface area contributed by atoms with E-state index in [-0.39, 0.29) is 11.8 Å². The Morgan fingerprint density at radius 1 is 1.50 bits per heavy atom. The maximum absolute atomic E-state index is 10.9. The molecule has 1 saturated heterocycles. The van der Waals surface area contributed by atoms with Gasteiger partial charge in [0.2, 0.25) is 0 Å². The van der Waals surface area contributed by atoms with Crippen LogP contribution in [0.2, 0.25) is 0 Å². The smallest absolute Gasteiger partial charge is 0.275 e. The number of aliphatic hydroxyl groups is 1. The fourth-order valence-electron chi connectivity index (χ4n) is 2.16. The molecule has 0 spiro atoms. The van der Waals surface area contributed by atoms with Crippen LogP contribution in [0.4, 0.5) is 11.4 Å². The molecule has 1 atom stereocenters. The van der Waals surface area contributed by atoms with Crippen LogP contribution in [0.25, 0.3) is 0 Å². The molecule has 6 heteroatoms. The van der Waals surface area contributed by atoms with E-state index in [9.17, 15) is 15.2 Å². The van der Waals surface area contributed by atoms with Crippen molar-refractivity contribution in [3.8, 4) is 5.75 Å². The lowest BCUT2D eigenvalue weighted by molar-refractivity contribution is -0.384. The van der Waals surface area contributed by atoms with Crippen molar-refractivity contribution in [2.24, 2.45) is 0 Å². The molecular formula is C12H16N2O4. The number of rotatable bonds is 3. The van der Waals surface area contributed by atoms with Gasteiger partial charge in [0.25, 0.3) is 5.69 Å². The summed E-state index contributed by atoms with van der Waals surface area (Å²) in [6.45, 7) is 1.30. The van der Waals surface area contributed by atoms with E-state index >= 15 is 0 Å². The van der Waals surface area contributed by atoms with Crippen LogP contribution in [0, 0.1) is 10.1 Å². The number of nitro benzene ring substituents is 1. The summed E-state index contributed by atoms with van der Waals surface area (Å²) >= 11 is 0. The summed E-state index contributed by atoms with van der Waals surface area (Å²) in [5, 5.41) is 20.5. The number of aliphatic hydroxyl groups excluding tert-OH is 1. The predicted molar refractivity (Wildman–Crippen MR) is 67.1 cm³/mol. The molecule has 0 aromatic heterocycles. The van der Waals surface area contributed by atoms with Crippen LogP contribution in [-0.2, 0) is 0 Å². The topological polar surface area (TPSA) is 75.8 Å². The SMILES string of the molecule is COc1cc(N2CCCC(O)C2)cc([N+](=O)[O-])c1. The fraction of sp³-hybridized carbons (Fsp3) is 0.500. The molecule has 6 nitrogen and oxygen atoms in total. The number of anilines is 1. The lowest BCUT2D eigenvalue weighted by Crippen LogP contribution is -2.38. The molecule has 0 amide bonds. The monoisotopic (exact) mass is 252 g/mol. The van der Waals surface area contributed by atoms with Gasteiger partial charge in [0, 0.05) is 30.9 Å². The third-order valence-corrected chi connectivity index (χ3v) is 3.08. The van der Waals surface area contributed by atoms with Gasteiger partial charge in [0.1, 0.15) is 5.75 Å². The van der Waals surface area contributed by atoms with Crippen molar-refractivity contribution >= 4 is 11.4 Å². The molecule has 18 heavy (non-hydrogen) atoms. The van der Waals surface area contributed by atoms with E-state index < -0.39 is 4.92 Å². The Morgan fingerprint density at radius 2 is 2.28 bits per heavy atom. The predicted octanol–water partition coefficient (Wildman–Crippen LogP) is 1.56. The van der Waals surface area contributed by atoms with Gasteiger partial charge < -0.3 is 14.7 Å². The van der Waals surface area contributed by atoms with E-state index in [0.29, 0.717) is 12.3 Å². The van der Waals surface area contributed by atoms with Crippen molar-refractivity contribution in [1.29, 1.82) is 0 Å². The summed E-state index contributed by atoms with van der Waals surface area (Å²) in [6.07, 6.45) is 1.29. The second kappa shape index (κ2) is 5.22. The number of ether oxygens (including phenoxy) is 1. The molecule has 98 valence electrons. The summed E-state index contributed by atoms with van der Waals surface area (Å²) in [7, 11) is 1.48. The third kappa shape index (κ3) is 2.70. The van der Waals surface area contributed by atoms with Gasteiger partial charge in [-0.25, -0.2) is 0 Å². The maximum Gasteiger partial charge on any atom is 0.275 e. The van der Waals surface area contributed by atoms with Crippen molar-refractivity contribution in [3.63, 3.8) is 0 Å². The molecule has 1 aliphatic rings. The number of methoxy groups -OCH3 is 1. The lowest BCUT2D eigenvalue weighted by Gasteiger charge is -2.31. The maximum atomic E-state index is 10.9. The Balaban J connectivity index is 2.31. The quantitative estimate of drug-likeness (QED) is 0.652. The van der Waals surface area contributed by atoms with Crippen LogP contribution in [0.3, 0.4) is 0 Å². The molecular weight excluding hydrogens is 236 g/mol. The number of β-amino-alcohol motifs (C(OH)–C–C–N with tert-alkyl or cyclic N) is 1. The molecule has 1 unspecified atom stereocenters. The number of non-ortho nitro benzene ring substituents is 1. The molecule has 0 bridgehead atoms. The van der Waals surface area contributed by atoms with Gasteiger partial charge in [-0.2, -0.15) is 0 Å². The Kier molecular flexibility index (Phi) is 3.66. The number of piperidine rings is 1. The van der Waals surface area contributed by atoms with E-state index in [1.165, 1.54) is 19.2 Å². The van der Waals surface area contributed by atoms with E-state index in [1.54, 1.807) is 6.07 Å². The molecule has 2 rings (SSSR count). The summed E-state index contributed by atoms with van der Waals surface area (Å²) in [6, 6.07) is 4.66. The van der Waals surface area contributed by atoms with Gasteiger partial charge in [-0.05, 0) is 12.8 Å². The summed E-state index contributed by atoms with van der Waals surface area (Å²) < 4.78 is 5.07. The van der Waals surface area contributed by atoms with Crippen LogP contribution < -0.4 is 9.64 Å². The zero-order valence-electron chi connectivity index (χ0n) is 10.2. The van der Waals surface area contributed by atoms with Crippen molar-refractivity contribution in [3.05, 3.63) is 28.3 Å². The first-order chi connectivity index (χ1) is 8.60. The minimum Gasteiger partial charge on any atom is -0.496 e. The van der Waals surface area contributed by atoms with Crippen LogP contribution in [0.5, 0.6) is 5.75 Å². The van der Waals surface area contributed by atoms with Crippen LogP contribution >= 0.6 is 0 Å². The number of nitro groups is 1. The van der Waals surface area contributed by atoms with Crippen molar-refractivity contribution in [2.75, 3.05) is 25.1 Å². The average molecular weight is 252 g/mol. The minimum absolute atomic E-state index is 0.00409. The number of benzene rings is 1. The van der Waals surface area contributed by atoms with Gasteiger partial charge in [0.15, 0.2) is 0 Å². The Bertz CT molecular complexity index is 450. The van der Waals surface area contributed by atoms with Gasteiger partial charge in [-0.3, -0.25) is 10.1 Å². The zero-order valence-corrected chi connectivity index (χ0v) is 10.2. The van der Waals surface area contributed by atoms with Gasteiger partial charge in [-0.15, -0.1) is 0 Å². The highest BCUT2D eigenvalue weighted by Crippen LogP contribution is 2.29. The molecule has 0 aliphatic carbocycles. The molecule has 1 aromatic rings. The second-order valence-corrected chi connectivity index (χ2v) is 4.39. The number of nitrogens with zero attached hydrogens (tertiary/aromatic N) is 2. The Morgan fingerprint density at radius 3 is 2.89 bits per heavy atom. The highest BCUT2D eigenvalue weighted by molar-refractivity contribution is 5.58. The van der Waals surface area contributed by atoms with Crippen LogP contribution in [-0.4, -0.2) is 36.3 Å². The molecule has 0 radical (unpaired) electrons. The van der Waals surface area contributed by atoms with Crippen molar-refractivity contribution in [2.45, 2.75) is 18.9 Å². The fourth-order valence-corrected chi connectivity index (χ4v) is 2.16. The summed E-state index contributed by atoms with van der Waals surface area (Å²) in [4.78, 5) is 12.4. The van der Waals surface area contributed by atoms with Gasteiger partial charge in [0.05, 0.1) is 24.2 Å². The van der Waals surface area contributed by atoms with Crippen molar-refractivity contribution < 1.29 is 14.8 Å². The summed E-state index contributed by atoms with van der Waals surface area (Å²) in [5.41, 5.74) is 0.726. The number of hydrogen-bond acceptors (Lipinski definition) is 5. The molecule has 1 aromatic carbocycles. The van der Waals surface area contributed by atoms with Crippen molar-refractivity contribution in [1.82, 2.24) is 0 Å². The molecule has 1 aliphatic heterocycles. The first kappa shape index (κ1) is 12.6. The second-order valence-electron chi connectivity index (χ2n) is 4.39. The summed E-state index contributed by atoms with van der Waals surface area (Å²) in [5.74, 6) is 0.458. The number of hydrogen-bond donors (Lipinski definition) is 1. The Labute approximate surface area is 105 Å². The molecule has 1 heterocycles. The minimum atomic E-state index is -0.438.